The molecule has 230 valence electrons. The van der Waals surface area contributed by atoms with Crippen molar-refractivity contribution in [3.8, 4) is 11.1 Å². The normalized spacial score (nSPS) is 10.5. The van der Waals surface area contributed by atoms with Gasteiger partial charge < -0.3 is 20.4 Å². The predicted molar refractivity (Wildman–Crippen MR) is 151 cm³/mol. The minimum atomic E-state index is -1.96. The van der Waals surface area contributed by atoms with E-state index in [9.17, 15) is 59.7 Å². The molecular weight excluding hydrogens is 584 g/mol. The minimum absolute atomic E-state index is 0.596. The van der Waals surface area contributed by atoms with E-state index in [0.717, 1.165) is 0 Å². The van der Waals surface area contributed by atoms with Crippen LogP contribution in [0.1, 0.15) is 84.4 Å². The van der Waals surface area contributed by atoms with Gasteiger partial charge in [0.2, 0.25) is 0 Å². The highest BCUT2D eigenvalue weighted by Gasteiger charge is 2.38. The molecular formula is C30H26O14. The molecule has 0 atom stereocenters. The zero-order chi connectivity index (χ0) is 33.5. The number of carbonyl (C=O) groups excluding carboxylic acids is 4. The largest absolute Gasteiger partial charge is 0.478 e. The molecule has 2 aromatic carbocycles. The molecule has 14 nitrogen and oxygen atoms in total. The molecule has 0 amide bonds. The summed E-state index contributed by atoms with van der Waals surface area (Å²) >= 11 is 0. The van der Waals surface area contributed by atoms with E-state index in [1.54, 1.807) is 0 Å². The molecule has 6 N–H and O–H groups in total. The van der Waals surface area contributed by atoms with Crippen molar-refractivity contribution in [3.05, 3.63) is 106 Å². The summed E-state index contributed by atoms with van der Waals surface area (Å²) in [5.74, 6) is -8.38. The third-order valence-electron chi connectivity index (χ3n) is 6.55. The lowest BCUT2D eigenvalue weighted by Crippen LogP contribution is -2.24. The van der Waals surface area contributed by atoms with Gasteiger partial charge in [0, 0.05) is 55.6 Å². The van der Waals surface area contributed by atoms with E-state index >= 15 is 0 Å². The highest BCUT2D eigenvalue weighted by atomic mass is 17.1. The van der Waals surface area contributed by atoms with Gasteiger partial charge in [-0.25, -0.2) is 19.4 Å². The number of aromatic carboxylic acids is 2. The average Bonchev–Trinajstić information content (AvgIpc) is 3.01. The Bertz CT molecular complexity index is 1520. The van der Waals surface area contributed by atoms with Gasteiger partial charge in [0.15, 0.2) is 23.1 Å². The number of carboxylic acid groups (broad SMARTS) is 2. The second-order valence-electron chi connectivity index (χ2n) is 8.66. The highest BCUT2D eigenvalue weighted by molar-refractivity contribution is 6.23. The van der Waals surface area contributed by atoms with Crippen molar-refractivity contribution in [3.63, 3.8) is 0 Å². The van der Waals surface area contributed by atoms with Crippen molar-refractivity contribution in [1.82, 2.24) is 0 Å². The molecule has 0 unspecified atom stereocenters. The monoisotopic (exact) mass is 610 g/mol. The SMILES string of the molecule is C=CC(=O)c1c(CO)c(C(=O)C=C)c(C(=O)O)c(-c2c(COO)c(C(=O)C=C)c(CO)c(C(=O)C=C)c2C(=O)O)c1COO. The maximum atomic E-state index is 13.2. The smallest absolute Gasteiger partial charge is 0.337 e. The summed E-state index contributed by atoms with van der Waals surface area (Å²) in [5.41, 5.74) is -9.43. The van der Waals surface area contributed by atoms with Crippen LogP contribution in [0.25, 0.3) is 11.1 Å². The lowest BCUT2D eigenvalue weighted by atomic mass is 9.75. The number of carboxylic acids is 2. The number of aliphatic hydroxyl groups is 2. The van der Waals surface area contributed by atoms with Crippen molar-refractivity contribution in [2.75, 3.05) is 0 Å². The van der Waals surface area contributed by atoms with Gasteiger partial charge in [-0.1, -0.05) is 26.3 Å². The zero-order valence-electron chi connectivity index (χ0n) is 22.9. The first-order valence-corrected chi connectivity index (χ1v) is 12.2. The van der Waals surface area contributed by atoms with Crippen LogP contribution in [0.15, 0.2) is 50.6 Å². The van der Waals surface area contributed by atoms with E-state index in [1.807, 2.05) is 0 Å². The maximum Gasteiger partial charge on any atom is 0.337 e. The highest BCUT2D eigenvalue weighted by Crippen LogP contribution is 2.44. The van der Waals surface area contributed by atoms with E-state index in [0.29, 0.717) is 24.3 Å². The third-order valence-corrected chi connectivity index (χ3v) is 6.55. The third kappa shape index (κ3) is 5.97. The Kier molecular flexibility index (Phi) is 11.8. The van der Waals surface area contributed by atoms with Gasteiger partial charge in [0.25, 0.3) is 0 Å². The molecule has 0 aliphatic carbocycles. The van der Waals surface area contributed by atoms with Crippen molar-refractivity contribution < 1.29 is 69.5 Å². The number of allylic oxidation sites excluding steroid dienone is 4. The number of hydrogen-bond acceptors (Lipinski definition) is 12. The molecule has 0 radical (unpaired) electrons. The Morgan fingerprint density at radius 3 is 0.977 bits per heavy atom. The van der Waals surface area contributed by atoms with Crippen molar-refractivity contribution in [1.29, 1.82) is 0 Å². The first kappa shape index (κ1) is 35.0. The fourth-order valence-electron chi connectivity index (χ4n) is 4.98. The number of ketones is 4. The molecule has 0 spiro atoms. The van der Waals surface area contributed by atoms with Crippen molar-refractivity contribution >= 4 is 35.1 Å². The predicted octanol–water partition coefficient (Wildman–Crippen LogP) is 3.19. The molecule has 0 fully saturated rings. The van der Waals surface area contributed by atoms with E-state index in [1.165, 1.54) is 0 Å². The second kappa shape index (κ2) is 14.8. The van der Waals surface area contributed by atoms with Crippen LogP contribution in [-0.2, 0) is 36.2 Å². The quantitative estimate of drug-likeness (QED) is 0.0652. The average molecular weight is 611 g/mol. The van der Waals surface area contributed by atoms with Gasteiger partial charge in [0.05, 0.1) is 24.3 Å². The summed E-state index contributed by atoms with van der Waals surface area (Å²) in [7, 11) is 0. The summed E-state index contributed by atoms with van der Waals surface area (Å²) in [6.45, 7) is 8.78. The van der Waals surface area contributed by atoms with Crippen LogP contribution in [0.3, 0.4) is 0 Å². The van der Waals surface area contributed by atoms with Crippen LogP contribution < -0.4 is 0 Å². The van der Waals surface area contributed by atoms with Crippen LogP contribution in [0, 0.1) is 0 Å². The van der Waals surface area contributed by atoms with E-state index in [-0.39, 0.29) is 0 Å². The molecule has 0 saturated heterocycles. The Balaban J connectivity index is 3.83. The van der Waals surface area contributed by atoms with Crippen molar-refractivity contribution in [2.24, 2.45) is 0 Å². The summed E-state index contributed by atoms with van der Waals surface area (Å²) < 4.78 is 0. The van der Waals surface area contributed by atoms with E-state index < -0.39 is 128 Å². The van der Waals surface area contributed by atoms with Gasteiger partial charge >= 0.3 is 11.9 Å². The number of rotatable bonds is 17. The minimum Gasteiger partial charge on any atom is -0.478 e. The van der Waals surface area contributed by atoms with Crippen LogP contribution >= 0.6 is 0 Å². The fourth-order valence-corrected chi connectivity index (χ4v) is 4.98. The first-order chi connectivity index (χ1) is 20.9. The van der Waals surface area contributed by atoms with Gasteiger partial charge in [-0.15, -0.1) is 0 Å². The van der Waals surface area contributed by atoms with Crippen LogP contribution in [-0.4, -0.2) is 66.0 Å². The molecule has 0 bridgehead atoms. The van der Waals surface area contributed by atoms with Crippen molar-refractivity contribution in [2.45, 2.75) is 26.4 Å². The maximum absolute atomic E-state index is 13.2. The molecule has 14 heteroatoms. The van der Waals surface area contributed by atoms with Gasteiger partial charge in [-0.2, -0.15) is 0 Å². The van der Waals surface area contributed by atoms with E-state index in [2.05, 4.69) is 36.1 Å². The number of carbonyl (C=O) groups is 6. The summed E-state index contributed by atoms with van der Waals surface area (Å²) in [5, 5.41) is 60.4. The summed E-state index contributed by atoms with van der Waals surface area (Å²) in [4.78, 5) is 87.0. The fraction of sp³-hybridized carbons (Fsp3) is 0.133. The Morgan fingerprint density at radius 1 is 0.500 bits per heavy atom. The lowest BCUT2D eigenvalue weighted by molar-refractivity contribution is -0.253. The first-order valence-electron chi connectivity index (χ1n) is 12.2. The number of aliphatic hydroxyl groups excluding tert-OH is 2. The molecule has 2 aromatic rings. The number of benzene rings is 2. The molecule has 2 rings (SSSR count). The van der Waals surface area contributed by atoms with Crippen LogP contribution in [0.5, 0.6) is 0 Å². The van der Waals surface area contributed by atoms with Crippen LogP contribution in [0.4, 0.5) is 0 Å². The Morgan fingerprint density at radius 2 is 0.773 bits per heavy atom. The lowest BCUT2D eigenvalue weighted by Gasteiger charge is -2.27. The topological polar surface area (TPSA) is 242 Å². The molecule has 0 aliphatic rings. The molecule has 0 aromatic heterocycles. The summed E-state index contributed by atoms with van der Waals surface area (Å²) in [6.07, 6.45) is 2.68. The molecule has 0 saturated carbocycles. The summed E-state index contributed by atoms with van der Waals surface area (Å²) in [6, 6.07) is 0. The molecule has 0 aliphatic heterocycles. The van der Waals surface area contributed by atoms with Gasteiger partial charge in [-0.3, -0.25) is 29.7 Å². The van der Waals surface area contributed by atoms with E-state index in [4.69, 9.17) is 0 Å². The van der Waals surface area contributed by atoms with Gasteiger partial charge in [-0.05, 0) is 24.3 Å². The standard InChI is InChI=1S/C30H26O14/c1-5-17(33)21-13(9-31)23(19(35)7-3)27(29(37)38)25(15(21)11-43-41)26-16(12-44-42)22(18(34)6-2)14(10-32)24(20(36)8-4)28(26)30(39)40/h5-8,31-32,41-42H,1-4,9-12H2,(H,37,38)(H,39,40). The zero-order valence-corrected chi connectivity index (χ0v) is 22.9. The van der Waals surface area contributed by atoms with Gasteiger partial charge in [0.1, 0.15) is 13.2 Å². The Labute approximate surface area is 248 Å². The number of hydrogen-bond donors (Lipinski definition) is 6. The molecule has 0 heterocycles. The molecule has 44 heavy (non-hydrogen) atoms. The Hall–Kier alpha value is -5.22. The van der Waals surface area contributed by atoms with Crippen LogP contribution in [0.2, 0.25) is 0 Å². The second-order valence-corrected chi connectivity index (χ2v) is 8.66.